The number of aromatic nitrogens is 4. The molecule has 0 fully saturated rings. The zero-order chi connectivity index (χ0) is 30.3. The van der Waals surface area contributed by atoms with Crippen molar-refractivity contribution in [2.45, 2.75) is 0 Å². The van der Waals surface area contributed by atoms with Crippen molar-refractivity contribution in [1.82, 2.24) is 19.9 Å². The van der Waals surface area contributed by atoms with Crippen LogP contribution < -0.4 is 10.5 Å². The summed E-state index contributed by atoms with van der Waals surface area (Å²) in [6.07, 6.45) is 8.02. The Hall–Kier alpha value is -5.66. The van der Waals surface area contributed by atoms with Crippen LogP contribution >= 0.6 is 15.9 Å². The first-order valence-corrected chi connectivity index (χ1v) is 15.4. The molecule has 2 aliphatic heterocycles. The average molecular weight is 649 g/mol. The second-order valence-electron chi connectivity index (χ2n) is 10.8. The van der Waals surface area contributed by atoms with Crippen molar-refractivity contribution in [1.29, 1.82) is 0 Å². The molecule has 3 aromatic carbocycles. The molecule has 2 aliphatic rings. The third kappa shape index (κ3) is 5.03. The van der Waals surface area contributed by atoms with Gasteiger partial charge in [0.2, 0.25) is 0 Å². The van der Waals surface area contributed by atoms with Gasteiger partial charge < -0.3 is 20.4 Å². The normalized spacial score (nSPS) is 12.0. The minimum absolute atomic E-state index is 0.542. The number of fused-ring (bicyclic) bond motifs is 8. The number of nitrogens with zero attached hydrogens (tertiary/aromatic N) is 2. The van der Waals surface area contributed by atoms with E-state index < -0.39 is 0 Å². The molecular weight excluding hydrogens is 622 g/mol. The first-order chi connectivity index (χ1) is 22.1. The molecule has 8 bridgehead atoms. The lowest BCUT2D eigenvalue weighted by Gasteiger charge is -2.08. The number of H-pyrrole nitrogens is 2. The maximum Gasteiger partial charge on any atom is 0.178 e. The quantitative estimate of drug-likeness (QED) is 0.166. The minimum Gasteiger partial charge on any atom is -0.453 e. The number of nitrogens with one attached hydrogen (secondary N) is 2. The first kappa shape index (κ1) is 26.9. The van der Waals surface area contributed by atoms with Crippen molar-refractivity contribution in [3.05, 3.63) is 136 Å². The van der Waals surface area contributed by atoms with E-state index in [0.29, 0.717) is 28.6 Å². The summed E-state index contributed by atoms with van der Waals surface area (Å²) in [5, 5.41) is 0. The molecule has 3 aromatic heterocycles. The molecule has 0 saturated carbocycles. The van der Waals surface area contributed by atoms with Gasteiger partial charge in [0.1, 0.15) is 17.1 Å². The van der Waals surface area contributed by atoms with E-state index in [1.807, 2.05) is 78.9 Å². The van der Waals surface area contributed by atoms with Crippen molar-refractivity contribution in [2.24, 2.45) is 0 Å². The van der Waals surface area contributed by atoms with Gasteiger partial charge in [0.05, 0.1) is 26.9 Å². The number of hydrogen-bond donors (Lipinski definition) is 3. The Morgan fingerprint density at radius 1 is 0.533 bits per heavy atom. The predicted molar refractivity (Wildman–Crippen MR) is 188 cm³/mol. The summed E-state index contributed by atoms with van der Waals surface area (Å²) in [5.74, 6) is 1.15. The lowest BCUT2D eigenvalue weighted by molar-refractivity contribution is 0.477. The summed E-state index contributed by atoms with van der Waals surface area (Å²) in [6.45, 7) is 0. The molecule has 4 N–H and O–H groups in total. The molecule has 45 heavy (non-hydrogen) atoms. The van der Waals surface area contributed by atoms with E-state index >= 15 is 0 Å². The van der Waals surface area contributed by atoms with Gasteiger partial charge in [-0.15, -0.1) is 0 Å². The fourth-order valence-electron chi connectivity index (χ4n) is 5.76. The van der Waals surface area contributed by atoms with Gasteiger partial charge in [0, 0.05) is 33.9 Å². The van der Waals surface area contributed by atoms with Crippen LogP contribution in [0.4, 0.5) is 5.69 Å². The fraction of sp³-hybridized carbons (Fsp3) is 0. The summed E-state index contributed by atoms with van der Waals surface area (Å²) in [4.78, 5) is 17.6. The summed E-state index contributed by atoms with van der Waals surface area (Å²) >= 11 is 3.87. The molecule has 6 nitrogen and oxygen atoms in total. The predicted octanol–water partition coefficient (Wildman–Crippen LogP) is 10.1. The lowest BCUT2D eigenvalue weighted by Crippen LogP contribution is -1.93. The van der Waals surface area contributed by atoms with Crippen molar-refractivity contribution in [2.75, 3.05) is 5.73 Å². The fourth-order valence-corrected chi connectivity index (χ4v) is 6.23. The van der Waals surface area contributed by atoms with E-state index in [1.54, 1.807) is 6.07 Å². The zero-order valence-electron chi connectivity index (χ0n) is 24.0. The molecular formula is C38H26BrN5O. The van der Waals surface area contributed by atoms with E-state index in [-0.39, 0.29) is 0 Å². The van der Waals surface area contributed by atoms with Gasteiger partial charge in [-0.1, -0.05) is 66.7 Å². The summed E-state index contributed by atoms with van der Waals surface area (Å²) in [6, 6.07) is 36.3. The van der Waals surface area contributed by atoms with Crippen LogP contribution in [0, 0.1) is 0 Å². The van der Waals surface area contributed by atoms with Crippen LogP contribution in [0.1, 0.15) is 22.8 Å². The SMILES string of the molecule is Nc1cccc(Oc2c3nc(c(-c4ccccc4)c4ccc([nH]4)c(Br)c4ccc([nH]4)c(-c4ccccc4)c4nc2C=C4)C=C3)c1. The van der Waals surface area contributed by atoms with Gasteiger partial charge in [-0.25, -0.2) is 9.97 Å². The number of benzene rings is 3. The Balaban J connectivity index is 1.51. The first-order valence-electron chi connectivity index (χ1n) is 14.6. The van der Waals surface area contributed by atoms with Gasteiger partial charge in [-0.05, 0) is 87.8 Å². The minimum atomic E-state index is 0.542. The van der Waals surface area contributed by atoms with Crippen molar-refractivity contribution in [3.63, 3.8) is 0 Å². The maximum absolute atomic E-state index is 6.56. The second kappa shape index (κ2) is 11.1. The number of aromatic amines is 2. The van der Waals surface area contributed by atoms with E-state index in [1.165, 1.54) is 0 Å². The van der Waals surface area contributed by atoms with Crippen molar-refractivity contribution >= 4 is 68.0 Å². The molecule has 0 spiro atoms. The van der Waals surface area contributed by atoms with Crippen LogP contribution in [-0.4, -0.2) is 19.9 Å². The molecule has 216 valence electrons. The summed E-state index contributed by atoms with van der Waals surface area (Å²) < 4.78 is 7.48. The largest absolute Gasteiger partial charge is 0.453 e. The van der Waals surface area contributed by atoms with Gasteiger partial charge in [-0.2, -0.15) is 0 Å². The molecule has 0 atom stereocenters. The molecule has 0 radical (unpaired) electrons. The van der Waals surface area contributed by atoms with Gasteiger partial charge >= 0.3 is 0 Å². The Morgan fingerprint density at radius 3 is 1.53 bits per heavy atom. The van der Waals surface area contributed by atoms with E-state index in [2.05, 4.69) is 74.4 Å². The van der Waals surface area contributed by atoms with Crippen molar-refractivity contribution in [3.8, 4) is 33.8 Å². The number of anilines is 1. The topological polar surface area (TPSA) is 92.6 Å². The standard InChI is InChI=1S/C38H26BrN5O/c39-37-31-18-14-27(41-31)35(23-8-3-1-4-9-23)29-16-20-33(43-29)38(45-26-13-7-12-25(40)22-26)34-21-17-30(44-34)36(24-10-5-2-6-11-24)28-15-19-32(37)42-28/h1-22,41-42H,40H2. The third-order valence-electron chi connectivity index (χ3n) is 7.84. The Morgan fingerprint density at radius 2 is 1.02 bits per heavy atom. The van der Waals surface area contributed by atoms with Crippen LogP contribution in [0.25, 0.3) is 68.6 Å². The third-order valence-corrected chi connectivity index (χ3v) is 8.70. The second-order valence-corrected chi connectivity index (χ2v) is 11.6. The molecule has 8 rings (SSSR count). The smallest absolute Gasteiger partial charge is 0.178 e. The Bertz CT molecular complexity index is 2180. The zero-order valence-corrected chi connectivity index (χ0v) is 25.5. The number of rotatable bonds is 4. The number of ether oxygens (including phenoxy) is 1. The van der Waals surface area contributed by atoms with Crippen LogP contribution in [0.3, 0.4) is 0 Å². The van der Waals surface area contributed by atoms with E-state index in [0.717, 1.165) is 60.2 Å². The highest BCUT2D eigenvalue weighted by molar-refractivity contribution is 9.10. The number of halogens is 1. The van der Waals surface area contributed by atoms with Gasteiger partial charge in [-0.3, -0.25) is 0 Å². The molecule has 0 amide bonds. The van der Waals surface area contributed by atoms with Gasteiger partial charge in [0.15, 0.2) is 5.75 Å². The Labute approximate surface area is 267 Å². The van der Waals surface area contributed by atoms with Crippen LogP contribution in [0.2, 0.25) is 0 Å². The maximum atomic E-state index is 6.56. The highest BCUT2D eigenvalue weighted by Crippen LogP contribution is 2.38. The Kier molecular flexibility index (Phi) is 6.65. The van der Waals surface area contributed by atoms with Gasteiger partial charge in [0.25, 0.3) is 0 Å². The highest BCUT2D eigenvalue weighted by atomic mass is 79.9. The lowest BCUT2D eigenvalue weighted by atomic mass is 10.0. The molecule has 7 heteroatoms. The van der Waals surface area contributed by atoms with E-state index in [4.69, 9.17) is 20.4 Å². The molecule has 0 saturated heterocycles. The monoisotopic (exact) mass is 647 g/mol. The number of hydrogen-bond acceptors (Lipinski definition) is 4. The molecule has 0 unspecified atom stereocenters. The van der Waals surface area contributed by atoms with Crippen molar-refractivity contribution < 1.29 is 4.74 Å². The van der Waals surface area contributed by atoms with Crippen LogP contribution in [-0.2, 0) is 0 Å². The molecule has 6 aromatic rings. The van der Waals surface area contributed by atoms with Crippen LogP contribution in [0.15, 0.2) is 114 Å². The molecule has 5 heterocycles. The average Bonchev–Trinajstić information content (AvgIpc) is 3.90. The number of nitrogen functional groups attached to an aromatic ring is 1. The highest BCUT2D eigenvalue weighted by Gasteiger charge is 2.19. The number of nitrogens with two attached hydrogens (primary N) is 1. The molecule has 0 aliphatic carbocycles. The van der Waals surface area contributed by atoms with Crippen LogP contribution in [0.5, 0.6) is 11.5 Å². The summed E-state index contributed by atoms with van der Waals surface area (Å²) in [7, 11) is 0. The summed E-state index contributed by atoms with van der Waals surface area (Å²) in [5.41, 5.74) is 17.5. The van der Waals surface area contributed by atoms with E-state index in [9.17, 15) is 0 Å².